The van der Waals surface area contributed by atoms with E-state index in [1.165, 1.54) is 11.1 Å². The lowest BCUT2D eigenvalue weighted by Gasteiger charge is -2.23. The molecule has 3 heteroatoms. The van der Waals surface area contributed by atoms with Crippen LogP contribution in [-0.2, 0) is 12.8 Å². The number of aromatic nitrogens is 2. The summed E-state index contributed by atoms with van der Waals surface area (Å²) in [4.78, 5) is 8.94. The molecule has 0 radical (unpaired) electrons. The number of nitrogen functional groups attached to an aromatic ring is 1. The predicted octanol–water partition coefficient (Wildman–Crippen LogP) is 2.64. The highest BCUT2D eigenvalue weighted by Crippen LogP contribution is 2.31. The number of rotatable bonds is 1. The van der Waals surface area contributed by atoms with Crippen molar-refractivity contribution in [2.45, 2.75) is 32.1 Å². The SMILES string of the molecule is Cc1cc(N)nc(C2CCc3ccccc3C2)n1. The summed E-state index contributed by atoms with van der Waals surface area (Å²) in [6.07, 6.45) is 3.25. The van der Waals surface area contributed by atoms with Gasteiger partial charge in [-0.25, -0.2) is 9.97 Å². The molecule has 1 aromatic heterocycles. The van der Waals surface area contributed by atoms with Crippen molar-refractivity contribution < 1.29 is 0 Å². The zero-order valence-corrected chi connectivity index (χ0v) is 10.6. The maximum absolute atomic E-state index is 5.81. The lowest BCUT2D eigenvalue weighted by Crippen LogP contribution is -2.16. The van der Waals surface area contributed by atoms with E-state index in [1.54, 1.807) is 0 Å². The number of nitrogens with two attached hydrogens (primary N) is 1. The standard InChI is InChI=1S/C15H17N3/c1-10-8-14(16)18-15(17-10)13-7-6-11-4-2-3-5-12(11)9-13/h2-5,8,13H,6-7,9H2,1H3,(H2,16,17,18). The minimum absolute atomic E-state index is 0.405. The first-order valence-corrected chi connectivity index (χ1v) is 6.40. The molecule has 1 aliphatic rings. The maximum Gasteiger partial charge on any atom is 0.134 e. The molecular formula is C15H17N3. The minimum atomic E-state index is 0.405. The van der Waals surface area contributed by atoms with Crippen LogP contribution in [0.2, 0.25) is 0 Å². The molecule has 1 atom stereocenters. The van der Waals surface area contributed by atoms with E-state index in [9.17, 15) is 0 Å². The van der Waals surface area contributed by atoms with Crippen molar-refractivity contribution in [1.82, 2.24) is 9.97 Å². The first kappa shape index (κ1) is 11.2. The molecule has 18 heavy (non-hydrogen) atoms. The molecule has 0 bridgehead atoms. The first-order chi connectivity index (χ1) is 8.72. The van der Waals surface area contributed by atoms with Crippen LogP contribution in [0.1, 0.15) is 35.0 Å². The van der Waals surface area contributed by atoms with E-state index in [1.807, 2.05) is 13.0 Å². The van der Waals surface area contributed by atoms with Crippen molar-refractivity contribution in [1.29, 1.82) is 0 Å². The summed E-state index contributed by atoms with van der Waals surface area (Å²) in [5.41, 5.74) is 9.66. The molecule has 3 nitrogen and oxygen atoms in total. The van der Waals surface area contributed by atoms with Crippen molar-refractivity contribution in [2.24, 2.45) is 0 Å². The molecule has 1 aromatic carbocycles. The van der Waals surface area contributed by atoms with Crippen LogP contribution in [-0.4, -0.2) is 9.97 Å². The third kappa shape index (κ3) is 2.08. The second-order valence-corrected chi connectivity index (χ2v) is 5.00. The Morgan fingerprint density at radius 1 is 1.17 bits per heavy atom. The van der Waals surface area contributed by atoms with Crippen molar-refractivity contribution in [2.75, 3.05) is 5.73 Å². The zero-order valence-electron chi connectivity index (χ0n) is 10.6. The normalized spacial score (nSPS) is 18.4. The van der Waals surface area contributed by atoms with Crippen molar-refractivity contribution >= 4 is 5.82 Å². The monoisotopic (exact) mass is 239 g/mol. The number of fused-ring (bicyclic) bond motifs is 1. The first-order valence-electron chi connectivity index (χ1n) is 6.40. The summed E-state index contributed by atoms with van der Waals surface area (Å²) in [7, 11) is 0. The second kappa shape index (κ2) is 4.41. The number of anilines is 1. The number of hydrogen-bond acceptors (Lipinski definition) is 3. The molecular weight excluding hydrogens is 222 g/mol. The van der Waals surface area contributed by atoms with E-state index in [0.29, 0.717) is 11.7 Å². The Bertz CT molecular complexity index is 557. The van der Waals surface area contributed by atoms with E-state index < -0.39 is 0 Å². The Labute approximate surface area is 107 Å². The molecule has 0 fully saturated rings. The summed E-state index contributed by atoms with van der Waals surface area (Å²) in [5.74, 6) is 1.89. The van der Waals surface area contributed by atoms with Gasteiger partial charge in [0.05, 0.1) is 0 Å². The predicted molar refractivity (Wildman–Crippen MR) is 72.4 cm³/mol. The van der Waals surface area contributed by atoms with Crippen LogP contribution in [0, 0.1) is 6.92 Å². The van der Waals surface area contributed by atoms with Crippen LogP contribution in [0.5, 0.6) is 0 Å². The Morgan fingerprint density at radius 3 is 2.72 bits per heavy atom. The molecule has 0 aliphatic heterocycles. The third-order valence-corrected chi connectivity index (χ3v) is 3.60. The van der Waals surface area contributed by atoms with Gasteiger partial charge in [-0.1, -0.05) is 24.3 Å². The third-order valence-electron chi connectivity index (χ3n) is 3.60. The van der Waals surface area contributed by atoms with Gasteiger partial charge in [0, 0.05) is 17.7 Å². The van der Waals surface area contributed by atoms with Gasteiger partial charge in [0.15, 0.2) is 0 Å². The molecule has 3 rings (SSSR count). The number of benzene rings is 1. The van der Waals surface area contributed by atoms with Crippen LogP contribution in [0.4, 0.5) is 5.82 Å². The van der Waals surface area contributed by atoms with Crippen LogP contribution < -0.4 is 5.73 Å². The van der Waals surface area contributed by atoms with Gasteiger partial charge in [-0.05, 0) is 37.3 Å². The highest BCUT2D eigenvalue weighted by Gasteiger charge is 2.22. The van der Waals surface area contributed by atoms with Gasteiger partial charge in [-0.2, -0.15) is 0 Å². The van der Waals surface area contributed by atoms with Crippen LogP contribution in [0.3, 0.4) is 0 Å². The molecule has 0 saturated heterocycles. The van der Waals surface area contributed by atoms with Gasteiger partial charge < -0.3 is 5.73 Å². The molecule has 0 amide bonds. The largest absolute Gasteiger partial charge is 0.384 e. The maximum atomic E-state index is 5.81. The van der Waals surface area contributed by atoms with Gasteiger partial charge in [-0.15, -0.1) is 0 Å². The van der Waals surface area contributed by atoms with Crippen molar-refractivity contribution in [3.05, 3.63) is 53.0 Å². The number of aryl methyl sites for hydroxylation is 2. The average molecular weight is 239 g/mol. The summed E-state index contributed by atoms with van der Waals surface area (Å²) >= 11 is 0. The molecule has 1 heterocycles. The topological polar surface area (TPSA) is 51.8 Å². The molecule has 1 unspecified atom stereocenters. The summed E-state index contributed by atoms with van der Waals surface area (Å²) < 4.78 is 0. The summed E-state index contributed by atoms with van der Waals surface area (Å²) in [5, 5.41) is 0. The van der Waals surface area contributed by atoms with Gasteiger partial charge in [0.2, 0.25) is 0 Å². The molecule has 2 aromatic rings. The molecule has 0 spiro atoms. The van der Waals surface area contributed by atoms with E-state index in [-0.39, 0.29) is 0 Å². The van der Waals surface area contributed by atoms with Crippen LogP contribution in [0.25, 0.3) is 0 Å². The molecule has 2 N–H and O–H groups in total. The smallest absolute Gasteiger partial charge is 0.134 e. The summed E-state index contributed by atoms with van der Waals surface area (Å²) in [6, 6.07) is 10.5. The summed E-state index contributed by atoms with van der Waals surface area (Å²) in [6.45, 7) is 1.97. The van der Waals surface area contributed by atoms with E-state index in [2.05, 4.69) is 34.2 Å². The zero-order chi connectivity index (χ0) is 12.5. The lowest BCUT2D eigenvalue weighted by atomic mass is 9.83. The fraction of sp³-hybridized carbons (Fsp3) is 0.333. The van der Waals surface area contributed by atoms with E-state index >= 15 is 0 Å². The Morgan fingerprint density at radius 2 is 1.94 bits per heavy atom. The van der Waals surface area contributed by atoms with Gasteiger partial charge in [0.25, 0.3) is 0 Å². The van der Waals surface area contributed by atoms with Crippen LogP contribution >= 0.6 is 0 Å². The molecule has 0 saturated carbocycles. The van der Waals surface area contributed by atoms with Crippen molar-refractivity contribution in [3.63, 3.8) is 0 Å². The Balaban J connectivity index is 1.91. The average Bonchev–Trinajstić information content (AvgIpc) is 2.37. The molecule has 1 aliphatic carbocycles. The Kier molecular flexibility index (Phi) is 2.74. The second-order valence-electron chi connectivity index (χ2n) is 5.00. The van der Waals surface area contributed by atoms with Gasteiger partial charge in [0.1, 0.15) is 11.6 Å². The van der Waals surface area contributed by atoms with E-state index in [0.717, 1.165) is 30.8 Å². The Hall–Kier alpha value is -1.90. The highest BCUT2D eigenvalue weighted by molar-refractivity contribution is 5.34. The quantitative estimate of drug-likeness (QED) is 0.832. The lowest BCUT2D eigenvalue weighted by molar-refractivity contribution is 0.554. The van der Waals surface area contributed by atoms with Gasteiger partial charge >= 0.3 is 0 Å². The van der Waals surface area contributed by atoms with Gasteiger partial charge in [-0.3, -0.25) is 0 Å². The molecule has 92 valence electrons. The number of hydrogen-bond donors (Lipinski definition) is 1. The fourth-order valence-electron chi connectivity index (χ4n) is 2.72. The van der Waals surface area contributed by atoms with E-state index in [4.69, 9.17) is 5.73 Å². The number of nitrogens with zero attached hydrogens (tertiary/aromatic N) is 2. The fourth-order valence-corrected chi connectivity index (χ4v) is 2.72. The minimum Gasteiger partial charge on any atom is -0.384 e. The highest BCUT2D eigenvalue weighted by atomic mass is 14.9. The van der Waals surface area contributed by atoms with Crippen LogP contribution in [0.15, 0.2) is 30.3 Å². The van der Waals surface area contributed by atoms with Crippen molar-refractivity contribution in [3.8, 4) is 0 Å².